The Balaban J connectivity index is 1.83. The Kier molecular flexibility index (Phi) is 7.20. The number of hydrogen-bond acceptors (Lipinski definition) is 5. The zero-order valence-corrected chi connectivity index (χ0v) is 19.0. The molecule has 0 radical (unpaired) electrons. The number of para-hydroxylation sites is 1. The molecule has 31 heavy (non-hydrogen) atoms. The van der Waals surface area contributed by atoms with Crippen molar-refractivity contribution in [2.45, 2.75) is 64.4 Å². The van der Waals surface area contributed by atoms with Crippen LogP contribution in [0.1, 0.15) is 34.1 Å². The van der Waals surface area contributed by atoms with Crippen LogP contribution in [-0.4, -0.2) is 77.9 Å². The van der Waals surface area contributed by atoms with Crippen molar-refractivity contribution in [1.82, 2.24) is 20.4 Å². The first-order chi connectivity index (χ1) is 14.7. The van der Waals surface area contributed by atoms with Crippen molar-refractivity contribution in [3.63, 3.8) is 0 Å². The van der Waals surface area contributed by atoms with Gasteiger partial charge in [-0.15, -0.1) is 0 Å². The van der Waals surface area contributed by atoms with E-state index in [4.69, 9.17) is 4.74 Å². The molecule has 1 aromatic rings. The Labute approximate surface area is 184 Å². The highest BCUT2D eigenvalue weighted by molar-refractivity contribution is 5.90. The molecule has 2 N–H and O–H groups in total. The van der Waals surface area contributed by atoms with Gasteiger partial charge in [-0.25, -0.2) is 0 Å². The lowest BCUT2D eigenvalue weighted by atomic mass is 10.0. The molecule has 5 atom stereocenters. The number of likely N-dealkylation sites (N-methyl/N-ethyl adjacent to an activating group) is 1. The number of carbonyl (C=O) groups excluding carboxylic acids is 3. The smallest absolute Gasteiger partial charge is 0.245 e. The number of nitrogens with one attached hydrogen (secondary N) is 2. The first-order valence-electron chi connectivity index (χ1n) is 11.0. The van der Waals surface area contributed by atoms with Gasteiger partial charge in [-0.3, -0.25) is 14.4 Å². The number of rotatable bonds is 7. The number of ether oxygens (including phenoxy) is 1. The first kappa shape index (κ1) is 23.1. The Hall–Kier alpha value is -2.61. The highest BCUT2D eigenvalue weighted by Crippen LogP contribution is 2.35. The van der Waals surface area contributed by atoms with Crippen molar-refractivity contribution in [3.05, 3.63) is 30.3 Å². The normalized spacial score (nSPS) is 24.6. The average molecular weight is 431 g/mol. The maximum Gasteiger partial charge on any atom is 0.245 e. The molecule has 2 fully saturated rings. The molecule has 0 aliphatic carbocycles. The summed E-state index contributed by atoms with van der Waals surface area (Å²) < 4.78 is 6.24. The molecule has 8 nitrogen and oxygen atoms in total. The van der Waals surface area contributed by atoms with Gasteiger partial charge in [0.1, 0.15) is 17.9 Å². The minimum Gasteiger partial charge on any atom is -0.486 e. The van der Waals surface area contributed by atoms with Gasteiger partial charge >= 0.3 is 0 Å². The fourth-order valence-electron chi connectivity index (χ4n) is 4.53. The minimum atomic E-state index is -0.634. The van der Waals surface area contributed by atoms with Gasteiger partial charge in [-0.2, -0.15) is 0 Å². The van der Waals surface area contributed by atoms with Crippen LogP contribution in [0.25, 0.3) is 0 Å². The lowest BCUT2D eigenvalue weighted by molar-refractivity contribution is -0.140. The fraction of sp³-hybridized carbons (Fsp3) is 0.609. The van der Waals surface area contributed by atoms with Crippen molar-refractivity contribution in [2.24, 2.45) is 5.92 Å². The van der Waals surface area contributed by atoms with Crippen molar-refractivity contribution in [1.29, 1.82) is 0 Å². The van der Waals surface area contributed by atoms with Crippen molar-refractivity contribution in [2.75, 3.05) is 20.1 Å². The van der Waals surface area contributed by atoms with Crippen molar-refractivity contribution < 1.29 is 19.1 Å². The Bertz CT molecular complexity index is 800. The summed E-state index contributed by atoms with van der Waals surface area (Å²) >= 11 is 0. The Morgan fingerprint density at radius 2 is 1.77 bits per heavy atom. The first-order valence-corrected chi connectivity index (χ1v) is 11.0. The number of hydrogen-bond donors (Lipinski definition) is 2. The van der Waals surface area contributed by atoms with Gasteiger partial charge in [0, 0.05) is 13.5 Å². The van der Waals surface area contributed by atoms with E-state index in [1.807, 2.05) is 54.0 Å². The monoisotopic (exact) mass is 430 g/mol. The summed E-state index contributed by atoms with van der Waals surface area (Å²) in [7, 11) is 1.71. The molecule has 2 aliphatic heterocycles. The van der Waals surface area contributed by atoms with Crippen LogP contribution in [0.2, 0.25) is 0 Å². The second-order valence-corrected chi connectivity index (χ2v) is 8.76. The summed E-state index contributed by atoms with van der Waals surface area (Å²) in [6, 6.07) is 8.13. The van der Waals surface area contributed by atoms with E-state index in [-0.39, 0.29) is 41.8 Å². The molecule has 8 heteroatoms. The molecule has 3 rings (SSSR count). The summed E-state index contributed by atoms with van der Waals surface area (Å²) in [6.07, 6.45) is 0.388. The van der Waals surface area contributed by atoms with Crippen molar-refractivity contribution in [3.8, 4) is 5.75 Å². The standard InChI is InChI=1S/C23H34N4O4/c1-14(2)20(25-22(29)15(3)24-5)23(30)26-12-11-18-21(26)19(13-27(18)16(4)28)31-17-9-7-6-8-10-17/h6-10,14-15,18-21,24H,11-13H2,1-5H3,(H,25,29)/t15-,18+,19-,20-,21-/m0/s1. The fourth-order valence-corrected chi connectivity index (χ4v) is 4.53. The third-order valence-electron chi connectivity index (χ3n) is 6.35. The topological polar surface area (TPSA) is 91.0 Å². The predicted molar refractivity (Wildman–Crippen MR) is 117 cm³/mol. The highest BCUT2D eigenvalue weighted by Gasteiger charge is 2.53. The number of benzene rings is 1. The van der Waals surface area contributed by atoms with E-state index in [0.717, 1.165) is 0 Å². The van der Waals surface area contributed by atoms with Crippen LogP contribution in [0, 0.1) is 5.92 Å². The molecule has 0 bridgehead atoms. The summed E-state index contributed by atoms with van der Waals surface area (Å²) in [5.74, 6) is 0.302. The lowest BCUT2D eigenvalue weighted by Crippen LogP contribution is -2.57. The van der Waals surface area contributed by atoms with Crippen LogP contribution in [0.5, 0.6) is 5.75 Å². The lowest BCUT2D eigenvalue weighted by Gasteiger charge is -2.33. The third-order valence-corrected chi connectivity index (χ3v) is 6.35. The van der Waals surface area contributed by atoms with Gasteiger partial charge in [-0.1, -0.05) is 32.0 Å². The molecule has 0 aromatic heterocycles. The van der Waals surface area contributed by atoms with E-state index in [1.54, 1.807) is 20.9 Å². The zero-order valence-electron chi connectivity index (χ0n) is 19.0. The van der Waals surface area contributed by atoms with Gasteiger partial charge in [0.2, 0.25) is 17.7 Å². The van der Waals surface area contributed by atoms with E-state index in [0.29, 0.717) is 25.3 Å². The zero-order chi connectivity index (χ0) is 22.7. The number of amides is 3. The van der Waals surface area contributed by atoms with Gasteiger partial charge in [0.05, 0.1) is 24.7 Å². The molecule has 3 amide bonds. The molecule has 1 aromatic carbocycles. The van der Waals surface area contributed by atoms with Gasteiger partial charge in [-0.05, 0) is 38.4 Å². The maximum absolute atomic E-state index is 13.6. The number of fused-ring (bicyclic) bond motifs is 1. The summed E-state index contributed by atoms with van der Waals surface area (Å²) in [5, 5.41) is 5.81. The predicted octanol–water partition coefficient (Wildman–Crippen LogP) is 1.01. The van der Waals surface area contributed by atoms with Crippen LogP contribution < -0.4 is 15.4 Å². The quantitative estimate of drug-likeness (QED) is 0.674. The molecule has 2 aliphatic rings. The molecule has 0 spiro atoms. The summed E-state index contributed by atoms with van der Waals surface area (Å²) in [6.45, 7) is 8.15. The Morgan fingerprint density at radius 1 is 1.10 bits per heavy atom. The van der Waals surface area contributed by atoms with E-state index in [9.17, 15) is 14.4 Å². The van der Waals surface area contributed by atoms with Crippen LogP contribution in [0.15, 0.2) is 30.3 Å². The van der Waals surface area contributed by atoms with Crippen molar-refractivity contribution >= 4 is 17.7 Å². The second-order valence-electron chi connectivity index (χ2n) is 8.76. The second kappa shape index (κ2) is 9.68. The molecular weight excluding hydrogens is 396 g/mol. The third kappa shape index (κ3) is 4.84. The molecule has 2 saturated heterocycles. The Morgan fingerprint density at radius 3 is 2.35 bits per heavy atom. The van der Waals surface area contributed by atoms with E-state index < -0.39 is 12.1 Å². The van der Waals surface area contributed by atoms with E-state index in [2.05, 4.69) is 10.6 Å². The number of carbonyl (C=O) groups is 3. The van der Waals surface area contributed by atoms with Crippen LogP contribution in [0.3, 0.4) is 0 Å². The van der Waals surface area contributed by atoms with E-state index >= 15 is 0 Å². The van der Waals surface area contributed by atoms with Crippen LogP contribution >= 0.6 is 0 Å². The van der Waals surface area contributed by atoms with E-state index in [1.165, 1.54) is 0 Å². The summed E-state index contributed by atoms with van der Waals surface area (Å²) in [5.41, 5.74) is 0. The van der Waals surface area contributed by atoms with Gasteiger partial charge in [0.25, 0.3) is 0 Å². The molecule has 170 valence electrons. The maximum atomic E-state index is 13.6. The van der Waals surface area contributed by atoms with Crippen LogP contribution in [0.4, 0.5) is 0 Å². The average Bonchev–Trinajstić information content (AvgIpc) is 3.32. The molecular formula is C23H34N4O4. The largest absolute Gasteiger partial charge is 0.486 e. The molecule has 0 saturated carbocycles. The van der Waals surface area contributed by atoms with Crippen LogP contribution in [-0.2, 0) is 14.4 Å². The number of likely N-dealkylation sites (tertiary alicyclic amines) is 2. The minimum absolute atomic E-state index is 0.0139. The molecule has 0 unspecified atom stereocenters. The SMILES string of the molecule is CN[C@@H](C)C(=O)N[C@H](C(=O)N1CC[C@@H]2[C@H]1[C@@H](Oc1ccccc1)CN2C(C)=O)C(C)C. The van der Waals surface area contributed by atoms with Gasteiger partial charge in [0.15, 0.2) is 0 Å². The summed E-state index contributed by atoms with van der Waals surface area (Å²) in [4.78, 5) is 41.9. The highest BCUT2D eigenvalue weighted by atomic mass is 16.5. The van der Waals surface area contributed by atoms with Gasteiger partial charge < -0.3 is 25.2 Å². The number of nitrogens with zero attached hydrogens (tertiary/aromatic N) is 2. The molecule has 2 heterocycles.